The number of nitrogen functional groups attached to an aromatic ring is 1. The molecule has 0 amide bonds. The van der Waals surface area contributed by atoms with Crippen LogP contribution in [0.3, 0.4) is 0 Å². The molecule has 0 saturated heterocycles. The molecule has 2 N–H and O–H groups in total. The van der Waals surface area contributed by atoms with Crippen LogP contribution in [0.1, 0.15) is 26.3 Å². The number of nitrogens with zero attached hydrogens (tertiary/aromatic N) is 2. The van der Waals surface area contributed by atoms with Crippen molar-refractivity contribution < 1.29 is 0 Å². The van der Waals surface area contributed by atoms with E-state index >= 15 is 0 Å². The van der Waals surface area contributed by atoms with Crippen molar-refractivity contribution in [3.63, 3.8) is 0 Å². The van der Waals surface area contributed by atoms with Gasteiger partial charge in [-0.3, -0.25) is 0 Å². The highest BCUT2D eigenvalue weighted by atomic mass is 15.2. The summed E-state index contributed by atoms with van der Waals surface area (Å²) >= 11 is 0. The summed E-state index contributed by atoms with van der Waals surface area (Å²) in [4.78, 5) is 6.44. The molecule has 1 aromatic heterocycles. The molecule has 1 heterocycles. The molecule has 84 valence electrons. The average Bonchev–Trinajstić information content (AvgIpc) is 2.06. The molecule has 0 fully saturated rings. The van der Waals surface area contributed by atoms with Crippen molar-refractivity contribution in [3.05, 3.63) is 17.8 Å². The second kappa shape index (κ2) is 4.09. The maximum Gasteiger partial charge on any atom is 0.151 e. The van der Waals surface area contributed by atoms with Crippen molar-refractivity contribution in [2.45, 2.75) is 27.7 Å². The van der Waals surface area contributed by atoms with E-state index in [1.807, 2.05) is 20.0 Å². The van der Waals surface area contributed by atoms with E-state index in [0.717, 1.165) is 23.6 Å². The molecule has 15 heavy (non-hydrogen) atoms. The van der Waals surface area contributed by atoms with Crippen molar-refractivity contribution in [1.29, 1.82) is 0 Å². The standard InChI is InChI=1S/C12H21N3/c1-9-6-7-14-11(10(9)13)15(5)8-12(2,3)4/h6-7H,8,13H2,1-5H3. The van der Waals surface area contributed by atoms with Crippen LogP contribution in [0.2, 0.25) is 0 Å². The maximum atomic E-state index is 6.00. The number of rotatable bonds is 2. The minimum absolute atomic E-state index is 0.243. The quantitative estimate of drug-likeness (QED) is 0.810. The zero-order valence-corrected chi connectivity index (χ0v) is 10.3. The molecule has 0 radical (unpaired) electrons. The van der Waals surface area contributed by atoms with Crippen LogP contribution in [0.25, 0.3) is 0 Å². The third kappa shape index (κ3) is 3.11. The van der Waals surface area contributed by atoms with Gasteiger partial charge in [0, 0.05) is 19.8 Å². The van der Waals surface area contributed by atoms with Crippen LogP contribution in [-0.2, 0) is 0 Å². The summed E-state index contributed by atoms with van der Waals surface area (Å²) in [5.74, 6) is 0.880. The Morgan fingerprint density at radius 3 is 2.53 bits per heavy atom. The highest BCUT2D eigenvalue weighted by Gasteiger charge is 2.16. The summed E-state index contributed by atoms with van der Waals surface area (Å²) in [6.07, 6.45) is 1.81. The van der Waals surface area contributed by atoms with Crippen LogP contribution in [0.4, 0.5) is 11.5 Å². The van der Waals surface area contributed by atoms with Crippen LogP contribution < -0.4 is 10.6 Å². The lowest BCUT2D eigenvalue weighted by molar-refractivity contribution is 0.418. The number of anilines is 2. The van der Waals surface area contributed by atoms with E-state index in [1.54, 1.807) is 6.20 Å². The Morgan fingerprint density at radius 2 is 2.00 bits per heavy atom. The van der Waals surface area contributed by atoms with Crippen molar-refractivity contribution in [2.75, 3.05) is 24.2 Å². The third-order valence-corrected chi connectivity index (χ3v) is 2.26. The number of hydrogen-bond donors (Lipinski definition) is 1. The first kappa shape index (κ1) is 11.8. The number of aromatic nitrogens is 1. The zero-order chi connectivity index (χ0) is 11.6. The lowest BCUT2D eigenvalue weighted by Gasteiger charge is -2.28. The van der Waals surface area contributed by atoms with E-state index in [1.165, 1.54) is 0 Å². The molecule has 0 unspecified atom stereocenters. The second-order valence-electron chi connectivity index (χ2n) is 5.28. The number of nitrogens with two attached hydrogens (primary N) is 1. The Hall–Kier alpha value is -1.25. The summed E-state index contributed by atoms with van der Waals surface area (Å²) < 4.78 is 0. The maximum absolute atomic E-state index is 6.00. The smallest absolute Gasteiger partial charge is 0.151 e. The minimum Gasteiger partial charge on any atom is -0.396 e. The van der Waals surface area contributed by atoms with Crippen LogP contribution in [-0.4, -0.2) is 18.6 Å². The molecular formula is C12H21N3. The molecule has 0 saturated carbocycles. The van der Waals surface area contributed by atoms with E-state index in [2.05, 4.69) is 30.7 Å². The summed E-state index contributed by atoms with van der Waals surface area (Å²) in [5, 5.41) is 0. The molecule has 0 atom stereocenters. The number of hydrogen-bond acceptors (Lipinski definition) is 3. The Bertz CT molecular complexity index is 339. The molecule has 0 aromatic carbocycles. The monoisotopic (exact) mass is 207 g/mol. The number of aryl methyl sites for hydroxylation is 1. The van der Waals surface area contributed by atoms with E-state index in [-0.39, 0.29) is 5.41 Å². The fraction of sp³-hybridized carbons (Fsp3) is 0.583. The fourth-order valence-electron chi connectivity index (χ4n) is 1.65. The topological polar surface area (TPSA) is 42.2 Å². The first-order valence-corrected chi connectivity index (χ1v) is 5.23. The Labute approximate surface area is 92.3 Å². The Balaban J connectivity index is 2.92. The normalized spacial score (nSPS) is 11.5. The van der Waals surface area contributed by atoms with Gasteiger partial charge in [-0.1, -0.05) is 20.8 Å². The molecule has 0 spiro atoms. The molecule has 1 rings (SSSR count). The van der Waals surface area contributed by atoms with Gasteiger partial charge in [-0.15, -0.1) is 0 Å². The van der Waals surface area contributed by atoms with Crippen LogP contribution in [0.15, 0.2) is 12.3 Å². The fourth-order valence-corrected chi connectivity index (χ4v) is 1.65. The average molecular weight is 207 g/mol. The van der Waals surface area contributed by atoms with E-state index in [0.29, 0.717) is 0 Å². The van der Waals surface area contributed by atoms with Gasteiger partial charge in [-0.25, -0.2) is 4.98 Å². The van der Waals surface area contributed by atoms with Crippen LogP contribution in [0.5, 0.6) is 0 Å². The summed E-state index contributed by atoms with van der Waals surface area (Å²) in [7, 11) is 2.03. The third-order valence-electron chi connectivity index (χ3n) is 2.26. The van der Waals surface area contributed by atoms with Gasteiger partial charge in [0.25, 0.3) is 0 Å². The molecule has 1 aromatic rings. The first-order valence-electron chi connectivity index (χ1n) is 5.23. The predicted molar refractivity (Wildman–Crippen MR) is 66.1 cm³/mol. The SMILES string of the molecule is Cc1ccnc(N(C)CC(C)(C)C)c1N. The van der Waals surface area contributed by atoms with Gasteiger partial charge in [0.05, 0.1) is 5.69 Å². The largest absolute Gasteiger partial charge is 0.396 e. The molecule has 0 aliphatic heterocycles. The van der Waals surface area contributed by atoms with Crippen molar-refractivity contribution in [2.24, 2.45) is 5.41 Å². The molecular weight excluding hydrogens is 186 g/mol. The van der Waals surface area contributed by atoms with Gasteiger partial charge in [0.1, 0.15) is 0 Å². The highest BCUT2D eigenvalue weighted by Crippen LogP contribution is 2.25. The van der Waals surface area contributed by atoms with Crippen LogP contribution >= 0.6 is 0 Å². The molecule has 0 aliphatic carbocycles. The first-order chi connectivity index (χ1) is 6.81. The molecule has 0 bridgehead atoms. The van der Waals surface area contributed by atoms with E-state index in [9.17, 15) is 0 Å². The van der Waals surface area contributed by atoms with E-state index in [4.69, 9.17) is 5.73 Å². The van der Waals surface area contributed by atoms with Crippen molar-refractivity contribution >= 4 is 11.5 Å². The Morgan fingerprint density at radius 1 is 1.40 bits per heavy atom. The summed E-state index contributed by atoms with van der Waals surface area (Å²) in [6, 6.07) is 1.93. The van der Waals surface area contributed by atoms with Gasteiger partial charge in [0.15, 0.2) is 5.82 Å². The van der Waals surface area contributed by atoms with Crippen molar-refractivity contribution in [1.82, 2.24) is 4.98 Å². The second-order valence-corrected chi connectivity index (χ2v) is 5.28. The van der Waals surface area contributed by atoms with Crippen molar-refractivity contribution in [3.8, 4) is 0 Å². The van der Waals surface area contributed by atoms with Gasteiger partial charge in [0.2, 0.25) is 0 Å². The van der Waals surface area contributed by atoms with Gasteiger partial charge < -0.3 is 10.6 Å². The molecule has 0 aliphatic rings. The minimum atomic E-state index is 0.243. The number of pyridine rings is 1. The lowest BCUT2D eigenvalue weighted by atomic mass is 9.96. The van der Waals surface area contributed by atoms with Gasteiger partial charge in [-0.05, 0) is 24.0 Å². The zero-order valence-electron chi connectivity index (χ0n) is 10.3. The molecule has 3 heteroatoms. The summed E-state index contributed by atoms with van der Waals surface area (Å²) in [5.41, 5.74) is 8.11. The Kier molecular flexibility index (Phi) is 3.22. The predicted octanol–water partition coefficient (Wildman–Crippen LogP) is 2.45. The highest BCUT2D eigenvalue weighted by molar-refractivity contribution is 5.66. The lowest BCUT2D eigenvalue weighted by Crippen LogP contribution is -2.30. The van der Waals surface area contributed by atoms with Gasteiger partial charge in [-0.2, -0.15) is 0 Å². The molecule has 3 nitrogen and oxygen atoms in total. The van der Waals surface area contributed by atoms with Crippen LogP contribution in [0, 0.1) is 12.3 Å². The van der Waals surface area contributed by atoms with E-state index < -0.39 is 0 Å². The van der Waals surface area contributed by atoms with Gasteiger partial charge >= 0.3 is 0 Å². The summed E-state index contributed by atoms with van der Waals surface area (Å²) in [6.45, 7) is 9.56.